The predicted octanol–water partition coefficient (Wildman–Crippen LogP) is 0.0704. The SMILES string of the molecule is CN(C[C@H](O)CN1CCOCC1)C[C@@H]1CCc2nccn2C1. The fraction of sp³-hybridized carbons (Fsp3) is 0.812. The van der Waals surface area contributed by atoms with E-state index >= 15 is 0 Å². The molecule has 6 heteroatoms. The summed E-state index contributed by atoms with van der Waals surface area (Å²) in [4.78, 5) is 8.94. The molecule has 1 saturated heterocycles. The number of aryl methyl sites for hydroxylation is 1. The standard InChI is InChI=1S/C16H28N4O2/c1-18(12-15(21)13-19-6-8-22-9-7-19)10-14-2-3-16-17-4-5-20(16)11-14/h4-5,14-15,21H,2-3,6-13H2,1H3/t14-,15-/m0/s1. The van der Waals surface area contributed by atoms with E-state index in [4.69, 9.17) is 4.74 Å². The Balaban J connectivity index is 1.39. The smallest absolute Gasteiger partial charge is 0.108 e. The number of β-amino-alcohol motifs (C(OH)–C–C–N with tert-alkyl or cyclic N) is 1. The maximum absolute atomic E-state index is 10.3. The average molecular weight is 308 g/mol. The van der Waals surface area contributed by atoms with Gasteiger partial charge in [0, 0.05) is 58.1 Å². The van der Waals surface area contributed by atoms with Crippen molar-refractivity contribution in [1.29, 1.82) is 0 Å². The second-order valence-corrected chi connectivity index (χ2v) is 6.69. The minimum atomic E-state index is -0.282. The zero-order valence-electron chi connectivity index (χ0n) is 13.5. The van der Waals surface area contributed by atoms with E-state index in [-0.39, 0.29) is 6.10 Å². The van der Waals surface area contributed by atoms with Crippen LogP contribution in [0.4, 0.5) is 0 Å². The molecule has 2 atom stereocenters. The summed E-state index contributed by atoms with van der Waals surface area (Å²) in [6, 6.07) is 0. The molecule has 6 nitrogen and oxygen atoms in total. The van der Waals surface area contributed by atoms with E-state index in [1.54, 1.807) is 0 Å². The van der Waals surface area contributed by atoms with Gasteiger partial charge in [-0.15, -0.1) is 0 Å². The van der Waals surface area contributed by atoms with Gasteiger partial charge in [-0.1, -0.05) is 0 Å². The number of hydrogen-bond donors (Lipinski definition) is 1. The Morgan fingerprint density at radius 3 is 3.09 bits per heavy atom. The van der Waals surface area contributed by atoms with Crippen molar-refractivity contribution in [3.05, 3.63) is 18.2 Å². The van der Waals surface area contributed by atoms with Crippen molar-refractivity contribution < 1.29 is 9.84 Å². The number of ether oxygens (including phenoxy) is 1. The van der Waals surface area contributed by atoms with E-state index in [1.165, 1.54) is 12.2 Å². The van der Waals surface area contributed by atoms with Crippen LogP contribution in [0.5, 0.6) is 0 Å². The Morgan fingerprint density at radius 2 is 2.27 bits per heavy atom. The largest absolute Gasteiger partial charge is 0.390 e. The summed E-state index contributed by atoms with van der Waals surface area (Å²) in [5, 5.41) is 10.3. The Morgan fingerprint density at radius 1 is 1.45 bits per heavy atom. The van der Waals surface area contributed by atoms with Gasteiger partial charge in [-0.05, 0) is 19.4 Å². The maximum atomic E-state index is 10.3. The summed E-state index contributed by atoms with van der Waals surface area (Å²) in [5.41, 5.74) is 0. The Labute approximate surface area is 132 Å². The van der Waals surface area contributed by atoms with Gasteiger partial charge in [0.1, 0.15) is 5.82 Å². The number of aliphatic hydroxyl groups is 1. The van der Waals surface area contributed by atoms with Gasteiger partial charge in [-0.3, -0.25) is 4.90 Å². The molecule has 2 aliphatic heterocycles. The molecule has 1 fully saturated rings. The second kappa shape index (κ2) is 7.55. The minimum absolute atomic E-state index is 0.282. The summed E-state index contributed by atoms with van der Waals surface area (Å²) < 4.78 is 7.61. The highest BCUT2D eigenvalue weighted by atomic mass is 16.5. The lowest BCUT2D eigenvalue weighted by Gasteiger charge is -2.32. The molecule has 1 aromatic rings. The highest BCUT2D eigenvalue weighted by Crippen LogP contribution is 2.19. The Hall–Kier alpha value is -0.950. The Kier molecular flexibility index (Phi) is 5.46. The quantitative estimate of drug-likeness (QED) is 0.806. The van der Waals surface area contributed by atoms with Gasteiger partial charge in [0.05, 0.1) is 19.3 Å². The van der Waals surface area contributed by atoms with Gasteiger partial charge in [-0.2, -0.15) is 0 Å². The first-order valence-electron chi connectivity index (χ1n) is 8.37. The molecule has 0 spiro atoms. The topological polar surface area (TPSA) is 53.8 Å². The molecular formula is C16H28N4O2. The fourth-order valence-electron chi connectivity index (χ4n) is 3.60. The van der Waals surface area contributed by atoms with Crippen LogP contribution in [0.1, 0.15) is 12.2 Å². The third kappa shape index (κ3) is 4.29. The van der Waals surface area contributed by atoms with Crippen LogP contribution >= 0.6 is 0 Å². The zero-order valence-corrected chi connectivity index (χ0v) is 13.5. The van der Waals surface area contributed by atoms with E-state index in [9.17, 15) is 5.11 Å². The second-order valence-electron chi connectivity index (χ2n) is 6.69. The number of fused-ring (bicyclic) bond motifs is 1. The van der Waals surface area contributed by atoms with Crippen LogP contribution in [0.2, 0.25) is 0 Å². The zero-order chi connectivity index (χ0) is 15.4. The molecule has 2 aliphatic rings. The highest BCUT2D eigenvalue weighted by molar-refractivity contribution is 4.97. The van der Waals surface area contributed by atoms with Crippen molar-refractivity contribution in [3.63, 3.8) is 0 Å². The number of hydrogen-bond acceptors (Lipinski definition) is 5. The van der Waals surface area contributed by atoms with Crippen LogP contribution in [-0.2, 0) is 17.7 Å². The van der Waals surface area contributed by atoms with Crippen molar-refractivity contribution in [2.24, 2.45) is 5.92 Å². The lowest BCUT2D eigenvalue weighted by atomic mass is 9.99. The van der Waals surface area contributed by atoms with Gasteiger partial charge in [0.25, 0.3) is 0 Å². The van der Waals surface area contributed by atoms with Gasteiger partial charge >= 0.3 is 0 Å². The molecule has 3 rings (SSSR count). The van der Waals surface area contributed by atoms with Crippen LogP contribution in [0.3, 0.4) is 0 Å². The first kappa shape index (κ1) is 15.9. The number of rotatable bonds is 6. The molecule has 0 unspecified atom stereocenters. The van der Waals surface area contributed by atoms with E-state index in [0.29, 0.717) is 5.92 Å². The molecule has 0 amide bonds. The molecule has 0 radical (unpaired) electrons. The normalized spacial score (nSPS) is 24.4. The number of likely N-dealkylation sites (N-methyl/N-ethyl adjacent to an activating group) is 1. The molecule has 3 heterocycles. The highest BCUT2D eigenvalue weighted by Gasteiger charge is 2.21. The monoisotopic (exact) mass is 308 g/mol. The number of imidazole rings is 1. The van der Waals surface area contributed by atoms with Crippen LogP contribution in [0, 0.1) is 5.92 Å². The first-order valence-corrected chi connectivity index (χ1v) is 8.37. The third-order valence-corrected chi connectivity index (χ3v) is 4.70. The molecule has 0 bridgehead atoms. The van der Waals surface area contributed by atoms with Gasteiger partial charge in [0.2, 0.25) is 0 Å². The average Bonchev–Trinajstić information content (AvgIpc) is 2.95. The van der Waals surface area contributed by atoms with Crippen molar-refractivity contribution in [1.82, 2.24) is 19.4 Å². The number of aromatic nitrogens is 2. The number of nitrogens with zero attached hydrogens (tertiary/aromatic N) is 4. The molecule has 22 heavy (non-hydrogen) atoms. The predicted molar refractivity (Wildman–Crippen MR) is 84.8 cm³/mol. The molecule has 0 aliphatic carbocycles. The lowest BCUT2D eigenvalue weighted by molar-refractivity contribution is 0.00751. The van der Waals surface area contributed by atoms with Crippen LogP contribution < -0.4 is 0 Å². The maximum Gasteiger partial charge on any atom is 0.108 e. The fourth-order valence-corrected chi connectivity index (χ4v) is 3.60. The van der Waals surface area contributed by atoms with E-state index in [1.807, 2.05) is 6.20 Å². The van der Waals surface area contributed by atoms with Crippen LogP contribution in [-0.4, -0.2) is 83.5 Å². The molecule has 1 aromatic heterocycles. The summed E-state index contributed by atoms with van der Waals surface area (Å²) in [6.07, 6.45) is 5.96. The van der Waals surface area contributed by atoms with E-state index in [2.05, 4.69) is 32.6 Å². The van der Waals surface area contributed by atoms with Gasteiger partial charge in [-0.25, -0.2) is 4.98 Å². The molecular weight excluding hydrogens is 280 g/mol. The Bertz CT molecular complexity index is 459. The molecule has 124 valence electrons. The molecule has 0 saturated carbocycles. The van der Waals surface area contributed by atoms with Crippen molar-refractivity contribution in [2.45, 2.75) is 25.5 Å². The summed E-state index contributed by atoms with van der Waals surface area (Å²) in [5.74, 6) is 1.87. The number of aliphatic hydroxyl groups excluding tert-OH is 1. The van der Waals surface area contributed by atoms with Crippen molar-refractivity contribution in [2.75, 3.05) is 53.0 Å². The first-order chi connectivity index (χ1) is 10.7. The van der Waals surface area contributed by atoms with Crippen molar-refractivity contribution >= 4 is 0 Å². The minimum Gasteiger partial charge on any atom is -0.390 e. The lowest BCUT2D eigenvalue weighted by Crippen LogP contribution is -2.45. The molecule has 1 N–H and O–H groups in total. The molecule has 0 aromatic carbocycles. The van der Waals surface area contributed by atoms with E-state index in [0.717, 1.165) is 58.9 Å². The van der Waals surface area contributed by atoms with E-state index < -0.39 is 0 Å². The van der Waals surface area contributed by atoms with Crippen LogP contribution in [0.25, 0.3) is 0 Å². The van der Waals surface area contributed by atoms with Crippen molar-refractivity contribution in [3.8, 4) is 0 Å². The van der Waals surface area contributed by atoms with Crippen LogP contribution in [0.15, 0.2) is 12.4 Å². The number of morpholine rings is 1. The summed E-state index contributed by atoms with van der Waals surface area (Å²) in [6.45, 7) is 7.04. The summed E-state index contributed by atoms with van der Waals surface area (Å²) in [7, 11) is 2.12. The third-order valence-electron chi connectivity index (χ3n) is 4.70. The summed E-state index contributed by atoms with van der Waals surface area (Å²) >= 11 is 0. The van der Waals surface area contributed by atoms with Gasteiger partial charge in [0.15, 0.2) is 0 Å². The van der Waals surface area contributed by atoms with Gasteiger partial charge < -0.3 is 19.3 Å².